The zero-order chi connectivity index (χ0) is 28.7. The average Bonchev–Trinajstić information content (AvgIpc) is 3.63. The lowest BCUT2D eigenvalue weighted by Gasteiger charge is -2.27. The molecule has 1 aliphatic rings. The summed E-state index contributed by atoms with van der Waals surface area (Å²) in [4.78, 5) is 40.9. The van der Waals surface area contributed by atoms with Gasteiger partial charge >= 0.3 is 5.97 Å². The molecule has 2 aromatic carbocycles. The normalized spacial score (nSPS) is 15.4. The van der Waals surface area contributed by atoms with Crippen molar-refractivity contribution in [2.45, 2.75) is 20.3 Å². The van der Waals surface area contributed by atoms with Crippen molar-refractivity contribution < 1.29 is 14.7 Å². The number of carbonyl (C=O) groups is 2. The van der Waals surface area contributed by atoms with Crippen molar-refractivity contribution in [2.24, 2.45) is 11.3 Å². The maximum Gasteiger partial charge on any atom is 0.309 e. The Labute approximate surface area is 237 Å². The molecular formula is C32H30N6O3. The lowest BCUT2D eigenvalue weighted by atomic mass is 9.78. The molecule has 41 heavy (non-hydrogen) atoms. The number of aromatic nitrogens is 4. The Morgan fingerprint density at radius 2 is 1.71 bits per heavy atom. The molecule has 9 heteroatoms. The molecule has 4 heterocycles. The maximum atomic E-state index is 13.4. The molecule has 3 N–H and O–H groups in total. The molecule has 6 rings (SSSR count). The fraction of sp³-hybridized carbons (Fsp3) is 0.219. The van der Waals surface area contributed by atoms with Crippen molar-refractivity contribution in [2.75, 3.05) is 18.8 Å². The predicted molar refractivity (Wildman–Crippen MR) is 157 cm³/mol. The van der Waals surface area contributed by atoms with Crippen molar-refractivity contribution in [1.82, 2.24) is 24.4 Å². The van der Waals surface area contributed by atoms with E-state index < -0.39 is 11.4 Å². The Hall–Kier alpha value is -5.05. The van der Waals surface area contributed by atoms with E-state index in [9.17, 15) is 14.7 Å². The monoisotopic (exact) mass is 546 g/mol. The molecule has 1 unspecified atom stereocenters. The zero-order valence-corrected chi connectivity index (χ0v) is 22.9. The second-order valence-electron chi connectivity index (χ2n) is 10.9. The van der Waals surface area contributed by atoms with Crippen LogP contribution in [0.5, 0.6) is 0 Å². The number of carbonyl (C=O) groups excluding carboxylic acids is 1. The summed E-state index contributed by atoms with van der Waals surface area (Å²) in [6, 6.07) is 24.8. The van der Waals surface area contributed by atoms with Crippen LogP contribution in [0.4, 0.5) is 5.82 Å². The second kappa shape index (κ2) is 10.2. The van der Waals surface area contributed by atoms with Crippen LogP contribution in [0.2, 0.25) is 0 Å². The van der Waals surface area contributed by atoms with Gasteiger partial charge < -0.3 is 15.7 Å². The third kappa shape index (κ3) is 4.69. The highest BCUT2D eigenvalue weighted by atomic mass is 16.4. The number of likely N-dealkylation sites (tertiary alicyclic amines) is 1. The van der Waals surface area contributed by atoms with Crippen LogP contribution < -0.4 is 5.73 Å². The quantitative estimate of drug-likeness (QED) is 0.296. The topological polar surface area (TPSA) is 127 Å². The Bertz CT molecular complexity index is 1760. The van der Waals surface area contributed by atoms with Crippen molar-refractivity contribution in [3.8, 4) is 28.3 Å². The van der Waals surface area contributed by atoms with Gasteiger partial charge in [0.1, 0.15) is 11.3 Å². The number of benzene rings is 2. The largest absolute Gasteiger partial charge is 0.481 e. The van der Waals surface area contributed by atoms with E-state index in [-0.39, 0.29) is 11.8 Å². The van der Waals surface area contributed by atoms with Gasteiger partial charge in [0.25, 0.3) is 5.91 Å². The first-order chi connectivity index (χ1) is 19.7. The van der Waals surface area contributed by atoms with Gasteiger partial charge in [-0.15, -0.1) is 0 Å². The highest BCUT2D eigenvalue weighted by molar-refractivity contribution is 5.95. The summed E-state index contributed by atoms with van der Waals surface area (Å²) < 4.78 is 1.94. The Morgan fingerprint density at radius 3 is 2.41 bits per heavy atom. The van der Waals surface area contributed by atoms with Crippen LogP contribution in [-0.4, -0.2) is 54.5 Å². The molecule has 1 fully saturated rings. The van der Waals surface area contributed by atoms with Crippen LogP contribution in [0.1, 0.15) is 30.6 Å². The summed E-state index contributed by atoms with van der Waals surface area (Å²) >= 11 is 0. The molecule has 0 saturated carbocycles. The van der Waals surface area contributed by atoms with Gasteiger partial charge in [-0.25, -0.2) is 15.0 Å². The third-order valence-electron chi connectivity index (χ3n) is 8.07. The molecule has 3 aromatic heterocycles. The number of hydrogen-bond donors (Lipinski definition) is 2. The minimum absolute atomic E-state index is 0.0991. The van der Waals surface area contributed by atoms with Crippen LogP contribution in [0.15, 0.2) is 85.1 Å². The summed E-state index contributed by atoms with van der Waals surface area (Å²) in [5.74, 6) is -0.106. The van der Waals surface area contributed by atoms with E-state index in [4.69, 9.17) is 15.7 Å². The number of aliphatic carboxylic acids is 1. The van der Waals surface area contributed by atoms with Gasteiger partial charge in [0.2, 0.25) is 0 Å². The molecule has 1 amide bonds. The van der Waals surface area contributed by atoms with Gasteiger partial charge in [-0.05, 0) is 74.7 Å². The maximum absolute atomic E-state index is 13.4. The second-order valence-corrected chi connectivity index (χ2v) is 10.9. The van der Waals surface area contributed by atoms with Crippen molar-refractivity contribution in [3.63, 3.8) is 0 Å². The first kappa shape index (κ1) is 26.2. The van der Waals surface area contributed by atoms with E-state index in [2.05, 4.69) is 4.98 Å². The van der Waals surface area contributed by atoms with E-state index in [1.165, 1.54) is 0 Å². The molecule has 0 bridgehead atoms. The molecule has 1 atom stereocenters. The van der Waals surface area contributed by atoms with Crippen molar-refractivity contribution in [3.05, 3.63) is 90.6 Å². The minimum Gasteiger partial charge on any atom is -0.481 e. The number of nitrogens with two attached hydrogens (primary N) is 1. The Balaban J connectivity index is 1.39. The van der Waals surface area contributed by atoms with Gasteiger partial charge in [-0.3, -0.25) is 14.2 Å². The molecule has 0 aliphatic carbocycles. The molecule has 0 spiro atoms. The van der Waals surface area contributed by atoms with Gasteiger partial charge in [0.15, 0.2) is 11.5 Å². The van der Waals surface area contributed by atoms with Gasteiger partial charge in [-0.2, -0.15) is 0 Å². The number of hydrogen-bond acceptors (Lipinski definition) is 6. The number of nitrogens with zero attached hydrogens (tertiary/aromatic N) is 5. The van der Waals surface area contributed by atoms with Crippen LogP contribution in [0.3, 0.4) is 0 Å². The summed E-state index contributed by atoms with van der Waals surface area (Å²) in [7, 11) is 0. The lowest BCUT2D eigenvalue weighted by molar-refractivity contribution is -0.149. The first-order valence-electron chi connectivity index (χ1n) is 13.5. The van der Waals surface area contributed by atoms with E-state index >= 15 is 0 Å². The molecule has 206 valence electrons. The molecule has 1 saturated heterocycles. The SMILES string of the molecule is CC(C)(C(=O)O)C1CCN(C(=O)c2ccc(-n3c(-c4cccnc4N)nc4ccc(-c5ccccc5)nc43)cc2)C1. The van der Waals surface area contributed by atoms with Gasteiger partial charge in [-0.1, -0.05) is 30.3 Å². The van der Waals surface area contributed by atoms with Crippen LogP contribution in [0, 0.1) is 11.3 Å². The number of anilines is 1. The average molecular weight is 547 g/mol. The number of rotatable bonds is 6. The van der Waals surface area contributed by atoms with Crippen molar-refractivity contribution >= 4 is 28.9 Å². The smallest absolute Gasteiger partial charge is 0.309 e. The third-order valence-corrected chi connectivity index (χ3v) is 8.07. The summed E-state index contributed by atoms with van der Waals surface area (Å²) in [6.45, 7) is 4.40. The Kier molecular flexibility index (Phi) is 6.49. The Morgan fingerprint density at radius 1 is 0.951 bits per heavy atom. The fourth-order valence-electron chi connectivity index (χ4n) is 5.40. The van der Waals surface area contributed by atoms with Gasteiger partial charge in [0, 0.05) is 36.1 Å². The molecule has 9 nitrogen and oxygen atoms in total. The number of pyridine rings is 2. The fourth-order valence-corrected chi connectivity index (χ4v) is 5.40. The summed E-state index contributed by atoms with van der Waals surface area (Å²) in [5.41, 5.74) is 10.5. The van der Waals surface area contributed by atoms with Crippen LogP contribution in [0.25, 0.3) is 39.5 Å². The highest BCUT2D eigenvalue weighted by Crippen LogP contribution is 2.36. The predicted octanol–water partition coefficient (Wildman–Crippen LogP) is 5.30. The number of carboxylic acids is 1. The number of nitrogen functional groups attached to an aromatic ring is 1. The van der Waals surface area contributed by atoms with E-state index in [1.807, 2.05) is 71.3 Å². The number of carboxylic acid groups (broad SMARTS) is 1. The lowest BCUT2D eigenvalue weighted by Crippen LogP contribution is -2.36. The number of amides is 1. The molecular weight excluding hydrogens is 516 g/mol. The summed E-state index contributed by atoms with van der Waals surface area (Å²) in [6.07, 6.45) is 2.30. The standard InChI is InChI=1S/C32H30N6O3/c1-32(2,31(40)41)22-16-18-37(19-22)30(39)21-10-12-23(13-11-21)38-28(24-9-6-17-34-27(24)33)36-26-15-14-25(35-29(26)38)20-7-4-3-5-8-20/h3-15,17,22H,16,18-19H2,1-2H3,(H2,33,34)(H,40,41). The van der Waals surface area contributed by atoms with E-state index in [0.717, 1.165) is 16.9 Å². The minimum atomic E-state index is -0.891. The van der Waals surface area contributed by atoms with Gasteiger partial charge in [0.05, 0.1) is 16.7 Å². The molecule has 0 radical (unpaired) electrons. The van der Waals surface area contributed by atoms with E-state index in [0.29, 0.717) is 53.4 Å². The van der Waals surface area contributed by atoms with Crippen molar-refractivity contribution in [1.29, 1.82) is 0 Å². The number of imidazole rings is 1. The zero-order valence-electron chi connectivity index (χ0n) is 22.9. The first-order valence-corrected chi connectivity index (χ1v) is 13.5. The number of fused-ring (bicyclic) bond motifs is 1. The van der Waals surface area contributed by atoms with E-state index in [1.54, 1.807) is 37.1 Å². The highest BCUT2D eigenvalue weighted by Gasteiger charge is 2.41. The summed E-state index contributed by atoms with van der Waals surface area (Å²) in [5, 5.41) is 9.62. The van der Waals surface area contributed by atoms with Crippen LogP contribution >= 0.6 is 0 Å². The molecule has 5 aromatic rings. The molecule has 1 aliphatic heterocycles. The van der Waals surface area contributed by atoms with Crippen LogP contribution in [-0.2, 0) is 4.79 Å².